The number of amides is 1. The molecule has 2 heterocycles. The fourth-order valence-electron chi connectivity index (χ4n) is 2.66. The Morgan fingerprint density at radius 1 is 1.12 bits per heavy atom. The van der Waals surface area contributed by atoms with Crippen molar-refractivity contribution in [3.63, 3.8) is 0 Å². The fraction of sp³-hybridized carbons (Fsp3) is 0.0500. The number of nitrogens with one attached hydrogen (secondary N) is 1. The van der Waals surface area contributed by atoms with Crippen molar-refractivity contribution < 1.29 is 4.79 Å². The first-order valence-electron chi connectivity index (χ1n) is 8.15. The summed E-state index contributed by atoms with van der Waals surface area (Å²) in [6.07, 6.45) is 1.63. The fourth-order valence-corrected chi connectivity index (χ4v) is 3.74. The van der Waals surface area contributed by atoms with Crippen LogP contribution in [0.5, 0.6) is 0 Å². The summed E-state index contributed by atoms with van der Waals surface area (Å²) in [4.78, 5) is 14.0. The number of fused-ring (bicyclic) bond motifs is 1. The third-order valence-electron chi connectivity index (χ3n) is 3.95. The lowest BCUT2D eigenvalue weighted by Crippen LogP contribution is -2.16. The Morgan fingerprint density at radius 3 is 2.54 bits per heavy atom. The topological polar surface area (TPSA) is 59.3 Å². The predicted molar refractivity (Wildman–Crippen MR) is 105 cm³/mol. The molecular weight excluding hydrogens is 344 g/mol. The molecule has 0 fully saturated rings. The highest BCUT2D eigenvalue weighted by molar-refractivity contribution is 7.20. The van der Waals surface area contributed by atoms with Gasteiger partial charge in [-0.15, -0.1) is 11.3 Å². The van der Waals surface area contributed by atoms with Gasteiger partial charge in [0.15, 0.2) is 0 Å². The Balaban J connectivity index is 1.59. The Bertz CT molecular complexity index is 1080. The normalized spacial score (nSPS) is 11.3. The number of thiophene rings is 1. The Labute approximate surface area is 154 Å². The van der Waals surface area contributed by atoms with Crippen LogP contribution in [-0.2, 0) is 0 Å². The number of nitrogens with zero attached hydrogens (tertiary/aromatic N) is 3. The maximum Gasteiger partial charge on any atom is 0.281 e. The van der Waals surface area contributed by atoms with Crippen LogP contribution in [0.1, 0.15) is 20.9 Å². The van der Waals surface area contributed by atoms with Crippen molar-refractivity contribution in [1.82, 2.24) is 15.2 Å². The highest BCUT2D eigenvalue weighted by Crippen LogP contribution is 2.30. The number of carbonyl (C=O) groups excluding carboxylic acids is 1. The third-order valence-corrected chi connectivity index (χ3v) is 5.06. The van der Waals surface area contributed by atoms with Gasteiger partial charge in [0, 0.05) is 5.39 Å². The van der Waals surface area contributed by atoms with Crippen molar-refractivity contribution in [3.05, 3.63) is 82.9 Å². The molecule has 26 heavy (non-hydrogen) atoms. The summed E-state index contributed by atoms with van der Waals surface area (Å²) >= 11 is 1.41. The minimum atomic E-state index is -0.225. The van der Waals surface area contributed by atoms with Gasteiger partial charge in [-0.1, -0.05) is 48.5 Å². The lowest BCUT2D eigenvalue weighted by atomic mass is 10.2. The molecule has 0 aliphatic heterocycles. The monoisotopic (exact) mass is 360 g/mol. The largest absolute Gasteiger partial charge is 0.281 e. The standard InChI is InChI=1S/C20H16N4OS/c1-14-17-12-18(19(25)22-21-13-15-8-4-2-5-9-15)26-20(17)24(23-14)16-10-6-3-7-11-16/h2-13H,1H3,(H,22,25). The maximum atomic E-state index is 12.4. The molecule has 0 unspecified atom stereocenters. The first-order valence-corrected chi connectivity index (χ1v) is 8.97. The van der Waals surface area contributed by atoms with Crippen molar-refractivity contribution in [2.24, 2.45) is 5.10 Å². The SMILES string of the molecule is Cc1nn(-c2ccccc2)c2sc(C(=O)NN=Cc3ccccc3)cc12. The minimum absolute atomic E-state index is 0.225. The second kappa shape index (κ2) is 6.93. The number of hydrogen-bond donors (Lipinski definition) is 1. The molecule has 128 valence electrons. The molecule has 4 rings (SSSR count). The van der Waals surface area contributed by atoms with E-state index in [2.05, 4.69) is 15.6 Å². The van der Waals surface area contributed by atoms with Crippen molar-refractivity contribution >= 4 is 33.7 Å². The maximum absolute atomic E-state index is 12.4. The summed E-state index contributed by atoms with van der Waals surface area (Å²) < 4.78 is 1.87. The van der Waals surface area contributed by atoms with Gasteiger partial charge in [0.05, 0.1) is 22.5 Å². The molecule has 0 aliphatic carbocycles. The van der Waals surface area contributed by atoms with Crippen LogP contribution in [0.3, 0.4) is 0 Å². The average molecular weight is 360 g/mol. The molecule has 0 spiro atoms. The van der Waals surface area contributed by atoms with E-state index in [-0.39, 0.29) is 5.91 Å². The molecule has 4 aromatic rings. The molecule has 1 N–H and O–H groups in total. The Hall–Kier alpha value is -3.25. The summed E-state index contributed by atoms with van der Waals surface area (Å²) in [6.45, 7) is 1.95. The quantitative estimate of drug-likeness (QED) is 0.439. The van der Waals surface area contributed by atoms with Gasteiger partial charge in [-0.3, -0.25) is 4.79 Å². The lowest BCUT2D eigenvalue weighted by Gasteiger charge is -2.01. The molecule has 0 saturated carbocycles. The van der Waals surface area contributed by atoms with Crippen LogP contribution < -0.4 is 5.43 Å². The molecule has 0 atom stereocenters. The molecule has 1 amide bonds. The van der Waals surface area contributed by atoms with E-state index in [0.29, 0.717) is 4.88 Å². The van der Waals surface area contributed by atoms with E-state index in [0.717, 1.165) is 27.2 Å². The summed E-state index contributed by atoms with van der Waals surface area (Å²) in [5, 5.41) is 9.61. The van der Waals surface area contributed by atoms with Crippen LogP contribution in [-0.4, -0.2) is 21.9 Å². The van der Waals surface area contributed by atoms with Crippen molar-refractivity contribution in [3.8, 4) is 5.69 Å². The summed E-state index contributed by atoms with van der Waals surface area (Å²) in [7, 11) is 0. The van der Waals surface area contributed by atoms with E-state index >= 15 is 0 Å². The van der Waals surface area contributed by atoms with E-state index in [9.17, 15) is 4.79 Å². The van der Waals surface area contributed by atoms with E-state index < -0.39 is 0 Å². The first-order chi connectivity index (χ1) is 12.7. The summed E-state index contributed by atoms with van der Waals surface area (Å²) in [5.41, 5.74) is 5.39. The zero-order chi connectivity index (χ0) is 17.9. The van der Waals surface area contributed by atoms with E-state index in [1.54, 1.807) is 6.21 Å². The van der Waals surface area contributed by atoms with Gasteiger partial charge in [0.2, 0.25) is 0 Å². The highest BCUT2D eigenvalue weighted by Gasteiger charge is 2.16. The number of para-hydroxylation sites is 1. The van der Waals surface area contributed by atoms with Gasteiger partial charge in [-0.25, -0.2) is 10.1 Å². The predicted octanol–water partition coefficient (Wildman–Crippen LogP) is 4.16. The van der Waals surface area contributed by atoms with E-state index in [4.69, 9.17) is 0 Å². The number of carbonyl (C=O) groups is 1. The molecule has 0 aliphatic rings. The first kappa shape index (κ1) is 16.2. The molecule has 0 bridgehead atoms. The lowest BCUT2D eigenvalue weighted by molar-refractivity contribution is 0.0959. The van der Waals surface area contributed by atoms with Gasteiger partial charge >= 0.3 is 0 Å². The third kappa shape index (κ3) is 3.14. The molecular formula is C20H16N4OS. The van der Waals surface area contributed by atoms with Gasteiger partial charge in [-0.2, -0.15) is 10.2 Å². The van der Waals surface area contributed by atoms with E-state index in [1.807, 2.05) is 78.3 Å². The second-order valence-corrected chi connectivity index (χ2v) is 6.80. The van der Waals surface area contributed by atoms with Crippen molar-refractivity contribution in [2.75, 3.05) is 0 Å². The average Bonchev–Trinajstić information content (AvgIpc) is 3.24. The minimum Gasteiger partial charge on any atom is -0.266 e. The molecule has 5 nitrogen and oxygen atoms in total. The van der Waals surface area contributed by atoms with Crippen LogP contribution in [0.15, 0.2) is 71.8 Å². The molecule has 0 radical (unpaired) electrons. The smallest absolute Gasteiger partial charge is 0.266 e. The van der Waals surface area contributed by atoms with Crippen LogP contribution in [0.2, 0.25) is 0 Å². The van der Waals surface area contributed by atoms with Gasteiger partial charge in [0.25, 0.3) is 5.91 Å². The zero-order valence-electron chi connectivity index (χ0n) is 14.1. The van der Waals surface area contributed by atoms with Crippen LogP contribution in [0.25, 0.3) is 15.9 Å². The van der Waals surface area contributed by atoms with Crippen molar-refractivity contribution in [1.29, 1.82) is 0 Å². The Morgan fingerprint density at radius 2 is 1.81 bits per heavy atom. The van der Waals surface area contributed by atoms with Gasteiger partial charge in [0.1, 0.15) is 4.83 Å². The molecule has 0 saturated heterocycles. The van der Waals surface area contributed by atoms with Gasteiger partial charge < -0.3 is 0 Å². The second-order valence-electron chi connectivity index (χ2n) is 5.77. The van der Waals surface area contributed by atoms with Crippen molar-refractivity contribution in [2.45, 2.75) is 6.92 Å². The van der Waals surface area contributed by atoms with E-state index in [1.165, 1.54) is 11.3 Å². The highest BCUT2D eigenvalue weighted by atomic mass is 32.1. The number of aryl methyl sites for hydroxylation is 1. The molecule has 2 aromatic heterocycles. The number of rotatable bonds is 4. The number of benzene rings is 2. The summed E-state index contributed by atoms with van der Waals surface area (Å²) in [6, 6.07) is 21.4. The molecule has 2 aromatic carbocycles. The van der Waals surface area contributed by atoms with Gasteiger partial charge in [-0.05, 0) is 30.7 Å². The number of hydrogen-bond acceptors (Lipinski definition) is 4. The zero-order valence-corrected chi connectivity index (χ0v) is 14.9. The number of hydrazone groups is 1. The molecule has 6 heteroatoms. The van der Waals surface area contributed by atoms with Crippen LogP contribution in [0, 0.1) is 6.92 Å². The van der Waals surface area contributed by atoms with Crippen LogP contribution in [0.4, 0.5) is 0 Å². The Kier molecular flexibility index (Phi) is 4.33. The van der Waals surface area contributed by atoms with Crippen LogP contribution >= 0.6 is 11.3 Å². The number of aromatic nitrogens is 2. The summed E-state index contributed by atoms with van der Waals surface area (Å²) in [5.74, 6) is -0.225.